The van der Waals surface area contributed by atoms with Gasteiger partial charge in [0.25, 0.3) is 10.9 Å². The van der Waals surface area contributed by atoms with Crippen LogP contribution in [0, 0.1) is 5.21 Å². The Labute approximate surface area is 156 Å². The molecule has 5 nitrogen and oxygen atoms in total. The van der Waals surface area contributed by atoms with Crippen LogP contribution in [0.3, 0.4) is 0 Å². The Hall–Kier alpha value is -2.81. The van der Waals surface area contributed by atoms with Crippen LogP contribution < -0.4 is 14.8 Å². The molecule has 1 N–H and O–H groups in total. The maximum atomic E-state index is 12.7. The van der Waals surface area contributed by atoms with Gasteiger partial charge in [-0.1, -0.05) is 17.4 Å². The predicted molar refractivity (Wildman–Crippen MR) is 94.8 cm³/mol. The quantitative estimate of drug-likeness (QED) is 0.530. The van der Waals surface area contributed by atoms with E-state index in [1.165, 1.54) is 30.6 Å². The van der Waals surface area contributed by atoms with Gasteiger partial charge >= 0.3 is 6.18 Å². The zero-order valence-electron chi connectivity index (χ0n) is 14.2. The molecule has 0 unspecified atom stereocenters. The number of hydrogen-bond donors (Lipinski definition) is 1. The summed E-state index contributed by atoms with van der Waals surface area (Å²) in [6.45, 7) is 0.126. The van der Waals surface area contributed by atoms with Gasteiger partial charge in [-0.2, -0.15) is 17.9 Å². The Morgan fingerprint density at radius 3 is 2.74 bits per heavy atom. The van der Waals surface area contributed by atoms with Crippen molar-refractivity contribution < 1.29 is 27.4 Å². The number of carbonyl (C=O) groups excluding carboxylic acids is 1. The first-order valence-electron chi connectivity index (χ1n) is 7.94. The number of benzene rings is 2. The van der Waals surface area contributed by atoms with Crippen molar-refractivity contribution in [3.8, 4) is 5.75 Å². The fourth-order valence-corrected chi connectivity index (χ4v) is 3.62. The molecule has 0 saturated carbocycles. The van der Waals surface area contributed by atoms with E-state index in [0.717, 1.165) is 21.6 Å². The molecule has 0 radical (unpaired) electrons. The molecule has 9 heteroatoms. The maximum Gasteiger partial charge on any atom is 0.416 e. The van der Waals surface area contributed by atoms with E-state index in [-0.39, 0.29) is 18.5 Å². The molecule has 2 aromatic carbocycles. The number of methoxy groups -OCH3 is 1. The first-order chi connectivity index (χ1) is 12.8. The number of rotatable bonds is 5. The van der Waals surface area contributed by atoms with Crippen LogP contribution in [-0.4, -0.2) is 19.6 Å². The monoisotopic (exact) mass is 396 g/mol. The number of nitrogens with one attached hydrogen (secondary N) is 1. The molecule has 0 bridgehead atoms. The molecule has 0 fully saturated rings. The van der Waals surface area contributed by atoms with E-state index in [1.807, 2.05) is 0 Å². The molecule has 27 heavy (non-hydrogen) atoms. The lowest BCUT2D eigenvalue weighted by molar-refractivity contribution is -0.580. The Kier molecular flexibility index (Phi) is 5.22. The highest BCUT2D eigenvalue weighted by Crippen LogP contribution is 2.29. The lowest BCUT2D eigenvalue weighted by Crippen LogP contribution is -2.32. The molecule has 3 aromatic rings. The number of aromatic nitrogens is 1. The fraction of sp³-hybridized carbons (Fsp3) is 0.222. The molecule has 1 amide bonds. The van der Waals surface area contributed by atoms with Crippen molar-refractivity contribution in [2.75, 3.05) is 13.7 Å². The highest BCUT2D eigenvalue weighted by Gasteiger charge is 2.30. The molecular formula is C18H15F3N2O3S. The van der Waals surface area contributed by atoms with Gasteiger partial charge in [-0.05, 0) is 24.3 Å². The second-order valence-electron chi connectivity index (χ2n) is 5.71. The standard InChI is InChI=1S/C18H15F3N2O3S/c1-26-13-5-6-14-15(10-13)27-16(23(14)25)7-8-22-17(24)11-3-2-4-12(9-11)18(19,20)21/h2-6,9-10H,7-8H2,1H3,(H,22,24). The summed E-state index contributed by atoms with van der Waals surface area (Å²) in [5.41, 5.74) is -0.466. The topological polar surface area (TPSA) is 65.3 Å². The molecule has 142 valence electrons. The first kappa shape index (κ1) is 19.0. The minimum atomic E-state index is -4.51. The van der Waals surface area contributed by atoms with Gasteiger partial charge in [0.15, 0.2) is 0 Å². The third-order valence-corrected chi connectivity index (χ3v) is 5.07. The summed E-state index contributed by atoms with van der Waals surface area (Å²) in [6.07, 6.45) is -4.25. The summed E-state index contributed by atoms with van der Waals surface area (Å²) in [7, 11) is 1.53. The predicted octanol–water partition coefficient (Wildman–Crippen LogP) is 3.53. The summed E-state index contributed by atoms with van der Waals surface area (Å²) in [5.74, 6) is 0.00933. The third kappa shape index (κ3) is 4.13. The Bertz CT molecular complexity index is 986. The summed E-state index contributed by atoms with van der Waals surface area (Å²) < 4.78 is 44.8. The average molecular weight is 396 g/mol. The Balaban J connectivity index is 1.67. The lowest BCUT2D eigenvalue weighted by atomic mass is 10.1. The number of nitrogens with zero attached hydrogens (tertiary/aromatic N) is 1. The van der Waals surface area contributed by atoms with Crippen LogP contribution in [0.25, 0.3) is 10.2 Å². The van der Waals surface area contributed by atoms with E-state index >= 15 is 0 Å². The number of hydrogen-bond acceptors (Lipinski definition) is 4. The number of carbonyl (C=O) groups is 1. The maximum absolute atomic E-state index is 12.7. The van der Waals surface area contributed by atoms with Crippen LogP contribution in [0.4, 0.5) is 13.2 Å². The van der Waals surface area contributed by atoms with Crippen LogP contribution in [0.5, 0.6) is 5.75 Å². The smallest absolute Gasteiger partial charge is 0.416 e. The van der Waals surface area contributed by atoms with Crippen molar-refractivity contribution in [1.29, 1.82) is 0 Å². The van der Waals surface area contributed by atoms with Gasteiger partial charge < -0.3 is 15.3 Å². The van der Waals surface area contributed by atoms with Gasteiger partial charge in [0, 0.05) is 24.2 Å². The highest BCUT2D eigenvalue weighted by molar-refractivity contribution is 7.18. The molecule has 0 spiro atoms. The zero-order valence-corrected chi connectivity index (χ0v) is 15.0. The molecule has 0 saturated heterocycles. The molecular weight excluding hydrogens is 381 g/mol. The lowest BCUT2D eigenvalue weighted by Gasteiger charge is -2.09. The van der Waals surface area contributed by atoms with Gasteiger partial charge in [-0.3, -0.25) is 4.79 Å². The van der Waals surface area contributed by atoms with Crippen molar-refractivity contribution >= 4 is 27.5 Å². The molecule has 1 heterocycles. The number of amides is 1. The van der Waals surface area contributed by atoms with Crippen molar-refractivity contribution in [2.24, 2.45) is 0 Å². The second kappa shape index (κ2) is 7.43. The molecule has 3 rings (SSSR count). The van der Waals surface area contributed by atoms with E-state index in [1.54, 1.807) is 18.2 Å². The first-order valence-corrected chi connectivity index (χ1v) is 8.75. The van der Waals surface area contributed by atoms with E-state index < -0.39 is 17.6 Å². The van der Waals surface area contributed by atoms with Crippen molar-refractivity contribution in [2.45, 2.75) is 12.6 Å². The molecule has 1 aromatic heterocycles. The van der Waals surface area contributed by atoms with E-state index in [4.69, 9.17) is 4.74 Å². The van der Waals surface area contributed by atoms with Crippen molar-refractivity contribution in [3.63, 3.8) is 0 Å². The minimum Gasteiger partial charge on any atom is -0.617 e. The van der Waals surface area contributed by atoms with Crippen LogP contribution in [-0.2, 0) is 12.6 Å². The summed E-state index contributed by atoms with van der Waals surface area (Å²) in [6, 6.07) is 9.29. The largest absolute Gasteiger partial charge is 0.617 e. The zero-order chi connectivity index (χ0) is 19.6. The van der Waals surface area contributed by atoms with E-state index in [0.29, 0.717) is 16.3 Å². The molecule has 0 aliphatic rings. The van der Waals surface area contributed by atoms with Gasteiger partial charge in [0.2, 0.25) is 5.52 Å². The van der Waals surface area contributed by atoms with Crippen molar-refractivity contribution in [3.05, 3.63) is 63.8 Å². The van der Waals surface area contributed by atoms with E-state index in [9.17, 15) is 23.2 Å². The summed E-state index contributed by atoms with van der Waals surface area (Å²) >= 11 is 1.28. The summed E-state index contributed by atoms with van der Waals surface area (Å²) in [5, 5.41) is 15.3. The Morgan fingerprint density at radius 1 is 1.26 bits per heavy atom. The van der Waals surface area contributed by atoms with Crippen LogP contribution in [0.1, 0.15) is 20.9 Å². The average Bonchev–Trinajstić information content (AvgIpc) is 2.96. The molecule has 0 aliphatic carbocycles. The highest BCUT2D eigenvalue weighted by atomic mass is 32.1. The SMILES string of the molecule is COc1ccc2c(c1)sc(CCNC(=O)c1cccc(C(F)(F)F)c1)[n+]2[O-]. The fourth-order valence-electron chi connectivity index (χ4n) is 2.55. The number of alkyl halides is 3. The normalized spacial score (nSPS) is 11.6. The van der Waals surface area contributed by atoms with Crippen molar-refractivity contribution in [1.82, 2.24) is 5.32 Å². The summed E-state index contributed by atoms with van der Waals surface area (Å²) in [4.78, 5) is 12.1. The minimum absolute atomic E-state index is 0.0825. The van der Waals surface area contributed by atoms with Gasteiger partial charge in [0.05, 0.1) is 19.1 Å². The van der Waals surface area contributed by atoms with Gasteiger partial charge in [-0.15, -0.1) is 0 Å². The third-order valence-electron chi connectivity index (χ3n) is 3.92. The number of fused-ring (bicyclic) bond motifs is 1. The Morgan fingerprint density at radius 2 is 2.04 bits per heavy atom. The second-order valence-corrected chi connectivity index (χ2v) is 6.82. The number of ether oxygens (including phenoxy) is 1. The van der Waals surface area contributed by atoms with Crippen LogP contribution in [0.15, 0.2) is 42.5 Å². The van der Waals surface area contributed by atoms with Gasteiger partial charge in [0.1, 0.15) is 10.4 Å². The van der Waals surface area contributed by atoms with Crippen LogP contribution >= 0.6 is 11.3 Å². The van der Waals surface area contributed by atoms with Crippen LogP contribution in [0.2, 0.25) is 0 Å². The number of halogens is 3. The molecule has 0 aliphatic heterocycles. The number of thiazole rings is 1. The molecule has 0 atom stereocenters. The van der Waals surface area contributed by atoms with E-state index in [2.05, 4.69) is 5.32 Å². The van der Waals surface area contributed by atoms with Gasteiger partial charge in [-0.25, -0.2) is 0 Å².